The molecule has 0 spiro atoms. The molecule has 0 saturated carbocycles. The number of hydrogen-bond acceptors (Lipinski definition) is 5. The zero-order valence-corrected chi connectivity index (χ0v) is 20.7. The minimum atomic E-state index is -0.159. The van der Waals surface area contributed by atoms with Gasteiger partial charge in [-0.15, -0.1) is 11.3 Å². The highest BCUT2D eigenvalue weighted by atomic mass is 32.1. The summed E-state index contributed by atoms with van der Waals surface area (Å²) in [4.78, 5) is 29.7. The van der Waals surface area contributed by atoms with Gasteiger partial charge in [-0.3, -0.25) is 14.5 Å². The number of anilines is 2. The minimum Gasteiger partial charge on any atom is -0.494 e. The summed E-state index contributed by atoms with van der Waals surface area (Å²) in [6.45, 7) is 9.35. The summed E-state index contributed by atoms with van der Waals surface area (Å²) in [5.74, 6) is 1.90. The first-order chi connectivity index (χ1) is 15.9. The lowest BCUT2D eigenvalue weighted by Gasteiger charge is -2.29. The molecule has 1 aromatic carbocycles. The molecule has 0 unspecified atom stereocenters. The van der Waals surface area contributed by atoms with Gasteiger partial charge in [0, 0.05) is 10.6 Å². The highest BCUT2D eigenvalue weighted by Gasteiger charge is 2.29. The molecule has 33 heavy (non-hydrogen) atoms. The van der Waals surface area contributed by atoms with E-state index in [1.54, 1.807) is 11.3 Å². The molecule has 178 valence electrons. The number of hydrogen-bond donors (Lipinski definition) is 2. The van der Waals surface area contributed by atoms with Crippen molar-refractivity contribution in [3.05, 3.63) is 40.3 Å². The lowest BCUT2D eigenvalue weighted by molar-refractivity contribution is -0.117. The lowest BCUT2D eigenvalue weighted by atomic mass is 9.88. The average molecular weight is 470 g/mol. The fourth-order valence-electron chi connectivity index (χ4n) is 4.66. The van der Waals surface area contributed by atoms with E-state index in [4.69, 9.17) is 4.74 Å². The van der Waals surface area contributed by atoms with Crippen LogP contribution in [-0.2, 0) is 17.6 Å². The molecule has 2 amide bonds. The Morgan fingerprint density at radius 1 is 1.06 bits per heavy atom. The number of benzene rings is 1. The third-order valence-electron chi connectivity index (χ3n) is 6.66. The first-order valence-corrected chi connectivity index (χ1v) is 13.0. The van der Waals surface area contributed by atoms with Gasteiger partial charge in [0.05, 0.1) is 18.7 Å². The summed E-state index contributed by atoms with van der Waals surface area (Å²) in [7, 11) is 0. The Hall–Kier alpha value is -2.38. The summed E-state index contributed by atoms with van der Waals surface area (Å²) in [6.07, 6.45) is 5.16. The molecule has 0 radical (unpaired) electrons. The summed E-state index contributed by atoms with van der Waals surface area (Å²) in [5.41, 5.74) is 2.45. The van der Waals surface area contributed by atoms with E-state index in [1.165, 1.54) is 4.88 Å². The topological polar surface area (TPSA) is 70.7 Å². The molecule has 1 fully saturated rings. The number of thiophene rings is 1. The van der Waals surface area contributed by atoms with Gasteiger partial charge >= 0.3 is 0 Å². The number of likely N-dealkylation sites (tertiary alicyclic amines) is 1. The highest BCUT2D eigenvalue weighted by Crippen LogP contribution is 2.40. The van der Waals surface area contributed by atoms with Crippen LogP contribution in [0.1, 0.15) is 60.8 Å². The Bertz CT molecular complexity index is 977. The minimum absolute atomic E-state index is 0.0358. The standard InChI is InChI=1S/C26H35N3O3S/c1-4-32-20-8-6-19(7-9-20)27-25(31)24-21-10-5-18(3)15-22(21)33-26(24)28-23(30)16-29-13-11-17(2)12-14-29/h6-9,17-18H,4-5,10-16H2,1-3H3,(H,27,31)(H,28,30)/t18-/m1/s1. The van der Waals surface area contributed by atoms with Crippen molar-refractivity contribution in [3.8, 4) is 5.75 Å². The SMILES string of the molecule is CCOc1ccc(NC(=O)c2c(NC(=O)CN3CCC(C)CC3)sc3c2CC[C@@H](C)C3)cc1. The largest absolute Gasteiger partial charge is 0.494 e. The zero-order chi connectivity index (χ0) is 23.4. The molecule has 0 bridgehead atoms. The molecular formula is C26H35N3O3S. The molecule has 7 heteroatoms. The van der Waals surface area contributed by atoms with Crippen LogP contribution in [0.3, 0.4) is 0 Å². The van der Waals surface area contributed by atoms with E-state index >= 15 is 0 Å². The smallest absolute Gasteiger partial charge is 0.258 e. The molecule has 2 aromatic rings. The summed E-state index contributed by atoms with van der Waals surface area (Å²) in [5, 5.41) is 6.80. The van der Waals surface area contributed by atoms with Gasteiger partial charge in [-0.05, 0) is 93.8 Å². The average Bonchev–Trinajstić information content (AvgIpc) is 3.13. The number of piperidine rings is 1. The number of ether oxygens (including phenoxy) is 1. The van der Waals surface area contributed by atoms with Gasteiger partial charge in [-0.25, -0.2) is 0 Å². The van der Waals surface area contributed by atoms with Crippen molar-refractivity contribution >= 4 is 33.8 Å². The van der Waals surface area contributed by atoms with E-state index in [9.17, 15) is 9.59 Å². The predicted molar refractivity (Wildman–Crippen MR) is 135 cm³/mol. The first-order valence-electron chi connectivity index (χ1n) is 12.1. The Balaban J connectivity index is 1.50. The van der Waals surface area contributed by atoms with Crippen LogP contribution in [0, 0.1) is 11.8 Å². The van der Waals surface area contributed by atoms with Crippen molar-refractivity contribution < 1.29 is 14.3 Å². The second kappa shape index (κ2) is 10.7. The molecule has 4 rings (SSSR count). The second-order valence-electron chi connectivity index (χ2n) is 9.47. The van der Waals surface area contributed by atoms with E-state index < -0.39 is 0 Å². The number of fused-ring (bicyclic) bond motifs is 1. The van der Waals surface area contributed by atoms with E-state index in [2.05, 4.69) is 29.4 Å². The molecule has 1 aromatic heterocycles. The van der Waals surface area contributed by atoms with Gasteiger partial charge in [-0.2, -0.15) is 0 Å². The number of nitrogens with zero attached hydrogens (tertiary/aromatic N) is 1. The van der Waals surface area contributed by atoms with Crippen molar-refractivity contribution in [3.63, 3.8) is 0 Å². The van der Waals surface area contributed by atoms with Crippen LogP contribution >= 0.6 is 11.3 Å². The maximum Gasteiger partial charge on any atom is 0.258 e. The number of carbonyl (C=O) groups excluding carboxylic acids is 2. The monoisotopic (exact) mass is 469 g/mol. The number of amides is 2. The van der Waals surface area contributed by atoms with Crippen LogP contribution in [-0.4, -0.2) is 43.0 Å². The molecule has 1 aliphatic heterocycles. The fourth-order valence-corrected chi connectivity index (χ4v) is 6.09. The van der Waals surface area contributed by atoms with Crippen molar-refractivity contribution in [1.82, 2.24) is 4.90 Å². The van der Waals surface area contributed by atoms with Crippen molar-refractivity contribution in [2.75, 3.05) is 36.9 Å². The van der Waals surface area contributed by atoms with Gasteiger partial charge in [0.15, 0.2) is 0 Å². The van der Waals surface area contributed by atoms with Gasteiger partial charge < -0.3 is 15.4 Å². The van der Waals surface area contributed by atoms with E-state index in [1.807, 2.05) is 31.2 Å². The summed E-state index contributed by atoms with van der Waals surface area (Å²) < 4.78 is 5.49. The Kier molecular flexibility index (Phi) is 7.71. The van der Waals surface area contributed by atoms with Gasteiger partial charge in [0.1, 0.15) is 10.8 Å². The summed E-state index contributed by atoms with van der Waals surface area (Å²) >= 11 is 1.57. The number of rotatable bonds is 7. The molecule has 1 aliphatic carbocycles. The first kappa shape index (κ1) is 23.8. The zero-order valence-electron chi connectivity index (χ0n) is 19.9. The molecule has 1 saturated heterocycles. The normalized spacial score (nSPS) is 19.1. The van der Waals surface area contributed by atoms with Crippen LogP contribution in [0.2, 0.25) is 0 Å². The Morgan fingerprint density at radius 2 is 1.79 bits per heavy atom. The molecule has 2 N–H and O–H groups in total. The van der Waals surface area contributed by atoms with Gasteiger partial charge in [0.2, 0.25) is 5.91 Å². The fraction of sp³-hybridized carbons (Fsp3) is 0.538. The van der Waals surface area contributed by atoms with Crippen LogP contribution in [0.15, 0.2) is 24.3 Å². The Morgan fingerprint density at radius 3 is 2.48 bits per heavy atom. The van der Waals surface area contributed by atoms with Gasteiger partial charge in [-0.1, -0.05) is 13.8 Å². The molecule has 2 heterocycles. The molecular weight excluding hydrogens is 434 g/mol. The van der Waals surface area contributed by atoms with Crippen molar-refractivity contribution in [2.45, 2.75) is 52.9 Å². The van der Waals surface area contributed by atoms with Crippen molar-refractivity contribution in [1.29, 1.82) is 0 Å². The lowest BCUT2D eigenvalue weighted by Crippen LogP contribution is -2.38. The maximum absolute atomic E-state index is 13.4. The van der Waals surface area contributed by atoms with Crippen molar-refractivity contribution in [2.24, 2.45) is 11.8 Å². The maximum atomic E-state index is 13.4. The number of nitrogens with one attached hydrogen (secondary N) is 2. The predicted octanol–water partition coefficient (Wildman–Crippen LogP) is 5.19. The van der Waals surface area contributed by atoms with Gasteiger partial charge in [0.25, 0.3) is 5.91 Å². The Labute approximate surface area is 200 Å². The summed E-state index contributed by atoms with van der Waals surface area (Å²) in [6, 6.07) is 7.40. The highest BCUT2D eigenvalue weighted by molar-refractivity contribution is 7.17. The molecule has 2 aliphatic rings. The third kappa shape index (κ3) is 5.95. The van der Waals surface area contributed by atoms with Crippen LogP contribution in [0.25, 0.3) is 0 Å². The second-order valence-corrected chi connectivity index (χ2v) is 10.6. The van der Waals surface area contributed by atoms with Crippen LogP contribution in [0.5, 0.6) is 5.75 Å². The number of carbonyl (C=O) groups is 2. The van der Waals surface area contributed by atoms with E-state index in [-0.39, 0.29) is 11.8 Å². The molecule has 1 atom stereocenters. The molecule has 6 nitrogen and oxygen atoms in total. The quantitative estimate of drug-likeness (QED) is 0.585. The van der Waals surface area contributed by atoms with E-state index in [0.29, 0.717) is 35.3 Å². The van der Waals surface area contributed by atoms with Crippen LogP contribution < -0.4 is 15.4 Å². The van der Waals surface area contributed by atoms with Crippen LogP contribution in [0.4, 0.5) is 10.7 Å². The van der Waals surface area contributed by atoms with E-state index in [0.717, 1.165) is 62.4 Å². The third-order valence-corrected chi connectivity index (χ3v) is 7.83.